The summed E-state index contributed by atoms with van der Waals surface area (Å²) in [6.07, 6.45) is 0. The number of nitrogens with zero attached hydrogens (tertiary/aromatic N) is 2. The maximum Gasteiger partial charge on any atom is 0.234 e. The minimum atomic E-state index is -0.0993. The lowest BCUT2D eigenvalue weighted by Gasteiger charge is -2.07. The van der Waals surface area contributed by atoms with Crippen LogP contribution in [0.2, 0.25) is 5.02 Å². The number of carbonyl (C=O) groups excluding carboxylic acids is 1. The number of hydrogen-bond donors (Lipinski definition) is 1. The van der Waals surface area contributed by atoms with E-state index in [0.29, 0.717) is 10.7 Å². The highest BCUT2D eigenvalue weighted by atomic mass is 35.5. The zero-order chi connectivity index (χ0) is 16.2. The Morgan fingerprint density at radius 1 is 1.22 bits per heavy atom. The predicted octanol–water partition coefficient (Wildman–Crippen LogP) is 4.44. The largest absolute Gasteiger partial charge is 0.324 e. The van der Waals surface area contributed by atoms with Gasteiger partial charge >= 0.3 is 0 Å². The summed E-state index contributed by atoms with van der Waals surface area (Å²) in [5.41, 5.74) is 2.66. The van der Waals surface area contributed by atoms with Gasteiger partial charge in [0.05, 0.1) is 27.5 Å². The number of carbonyl (C=O) groups is 1. The molecule has 0 saturated heterocycles. The lowest BCUT2D eigenvalue weighted by Crippen LogP contribution is -2.14. The molecule has 0 saturated carbocycles. The molecule has 2 aromatic carbocycles. The summed E-state index contributed by atoms with van der Waals surface area (Å²) >= 11 is 7.48. The molecule has 0 aliphatic carbocycles. The summed E-state index contributed by atoms with van der Waals surface area (Å²) in [7, 11) is 0. The molecule has 3 aromatic rings. The van der Waals surface area contributed by atoms with E-state index in [2.05, 4.69) is 21.8 Å². The van der Waals surface area contributed by atoms with E-state index < -0.39 is 0 Å². The van der Waals surface area contributed by atoms with Gasteiger partial charge in [-0.1, -0.05) is 47.6 Å². The molecule has 0 bridgehead atoms. The smallest absolute Gasteiger partial charge is 0.234 e. The molecule has 3 rings (SSSR count). The number of hydrogen-bond acceptors (Lipinski definition) is 3. The Morgan fingerprint density at radius 3 is 2.74 bits per heavy atom. The van der Waals surface area contributed by atoms with Gasteiger partial charge in [-0.3, -0.25) is 4.79 Å². The molecule has 0 atom stereocenters. The molecule has 6 heteroatoms. The third-order valence-corrected chi connectivity index (χ3v) is 4.72. The van der Waals surface area contributed by atoms with Crippen LogP contribution in [0.15, 0.2) is 53.7 Å². The molecule has 1 heterocycles. The van der Waals surface area contributed by atoms with E-state index in [-0.39, 0.29) is 11.7 Å². The van der Waals surface area contributed by atoms with E-state index in [0.717, 1.165) is 22.7 Å². The summed E-state index contributed by atoms with van der Waals surface area (Å²) in [6.45, 7) is 2.89. The number of aromatic nitrogens is 2. The van der Waals surface area contributed by atoms with Gasteiger partial charge in [0.2, 0.25) is 5.91 Å². The van der Waals surface area contributed by atoms with Crippen molar-refractivity contribution in [1.82, 2.24) is 9.55 Å². The van der Waals surface area contributed by atoms with Crippen LogP contribution in [0.1, 0.15) is 6.92 Å². The molecule has 0 unspecified atom stereocenters. The van der Waals surface area contributed by atoms with Crippen molar-refractivity contribution in [3.8, 4) is 0 Å². The van der Waals surface area contributed by atoms with Crippen LogP contribution < -0.4 is 5.32 Å². The van der Waals surface area contributed by atoms with Crippen molar-refractivity contribution in [3.05, 3.63) is 53.6 Å². The molecule has 1 N–H and O–H groups in total. The van der Waals surface area contributed by atoms with Crippen LogP contribution in [-0.2, 0) is 11.3 Å². The fraction of sp³-hybridized carbons (Fsp3) is 0.176. The quantitative estimate of drug-likeness (QED) is 0.695. The number of fused-ring (bicyclic) bond motifs is 1. The molecule has 0 fully saturated rings. The number of aryl methyl sites for hydroxylation is 1. The lowest BCUT2D eigenvalue weighted by atomic mass is 10.3. The first-order chi connectivity index (χ1) is 11.2. The first-order valence-corrected chi connectivity index (χ1v) is 8.68. The van der Waals surface area contributed by atoms with Crippen LogP contribution in [0.4, 0.5) is 5.69 Å². The molecule has 0 aliphatic rings. The molecule has 0 radical (unpaired) electrons. The average Bonchev–Trinajstić information content (AvgIpc) is 2.92. The summed E-state index contributed by atoms with van der Waals surface area (Å²) in [4.78, 5) is 16.7. The molecular weight excluding hydrogens is 330 g/mol. The highest BCUT2D eigenvalue weighted by molar-refractivity contribution is 7.99. The van der Waals surface area contributed by atoms with Crippen molar-refractivity contribution in [2.75, 3.05) is 11.1 Å². The van der Waals surface area contributed by atoms with Crippen molar-refractivity contribution in [2.24, 2.45) is 0 Å². The summed E-state index contributed by atoms with van der Waals surface area (Å²) in [5, 5.41) is 4.21. The van der Waals surface area contributed by atoms with E-state index in [9.17, 15) is 4.79 Å². The van der Waals surface area contributed by atoms with E-state index in [4.69, 9.17) is 11.6 Å². The second-order valence-electron chi connectivity index (χ2n) is 4.94. The second-order valence-corrected chi connectivity index (χ2v) is 6.29. The molecule has 0 spiro atoms. The van der Waals surface area contributed by atoms with Crippen LogP contribution in [0, 0.1) is 0 Å². The topological polar surface area (TPSA) is 46.9 Å². The molecule has 0 aliphatic heterocycles. The maximum atomic E-state index is 12.1. The standard InChI is InChI=1S/C17H16ClN3OS/c1-2-21-15-10-6-5-9-14(15)20-17(21)23-11-16(22)19-13-8-4-3-7-12(13)18/h3-10H,2,11H2,1H3,(H,19,22). The van der Waals surface area contributed by atoms with E-state index in [1.54, 1.807) is 12.1 Å². The number of amides is 1. The van der Waals surface area contributed by atoms with Gasteiger partial charge in [-0.05, 0) is 31.2 Å². The number of nitrogens with one attached hydrogen (secondary N) is 1. The minimum Gasteiger partial charge on any atom is -0.324 e. The minimum absolute atomic E-state index is 0.0993. The molecule has 118 valence electrons. The summed E-state index contributed by atoms with van der Waals surface area (Å²) < 4.78 is 2.11. The van der Waals surface area contributed by atoms with Crippen molar-refractivity contribution < 1.29 is 4.79 Å². The van der Waals surface area contributed by atoms with Crippen LogP contribution >= 0.6 is 23.4 Å². The van der Waals surface area contributed by atoms with Crippen LogP contribution in [0.25, 0.3) is 11.0 Å². The van der Waals surface area contributed by atoms with Crippen molar-refractivity contribution in [3.63, 3.8) is 0 Å². The Labute approximate surface area is 143 Å². The molecule has 4 nitrogen and oxygen atoms in total. The van der Waals surface area contributed by atoms with Gasteiger partial charge in [-0.2, -0.15) is 0 Å². The van der Waals surface area contributed by atoms with Crippen LogP contribution in [0.3, 0.4) is 0 Å². The monoisotopic (exact) mass is 345 g/mol. The van der Waals surface area contributed by atoms with Crippen molar-refractivity contribution >= 4 is 46.0 Å². The zero-order valence-corrected chi connectivity index (χ0v) is 14.2. The Bertz CT molecular complexity index is 847. The molecule has 1 aromatic heterocycles. The number of thioether (sulfide) groups is 1. The van der Waals surface area contributed by atoms with Crippen LogP contribution in [0.5, 0.6) is 0 Å². The Hall–Kier alpha value is -1.98. The third kappa shape index (κ3) is 3.51. The second kappa shape index (κ2) is 7.06. The Balaban J connectivity index is 1.71. The number of anilines is 1. The van der Waals surface area contributed by atoms with E-state index in [1.807, 2.05) is 36.4 Å². The molecule has 1 amide bonds. The zero-order valence-electron chi connectivity index (χ0n) is 12.6. The first kappa shape index (κ1) is 15.9. The van der Waals surface area contributed by atoms with Gasteiger partial charge in [0.1, 0.15) is 0 Å². The van der Waals surface area contributed by atoms with E-state index >= 15 is 0 Å². The van der Waals surface area contributed by atoms with Gasteiger partial charge < -0.3 is 9.88 Å². The predicted molar refractivity (Wildman–Crippen MR) is 96.2 cm³/mol. The maximum absolute atomic E-state index is 12.1. The summed E-state index contributed by atoms with van der Waals surface area (Å²) in [5.74, 6) is 0.187. The SMILES string of the molecule is CCn1c(SCC(=O)Nc2ccccc2Cl)nc2ccccc21. The third-order valence-electron chi connectivity index (χ3n) is 3.42. The molecule has 23 heavy (non-hydrogen) atoms. The lowest BCUT2D eigenvalue weighted by molar-refractivity contribution is -0.113. The fourth-order valence-electron chi connectivity index (χ4n) is 2.35. The number of imidazole rings is 1. The number of rotatable bonds is 5. The van der Waals surface area contributed by atoms with E-state index in [1.165, 1.54) is 11.8 Å². The fourth-order valence-corrected chi connectivity index (χ4v) is 3.41. The average molecular weight is 346 g/mol. The van der Waals surface area contributed by atoms with Gasteiger partial charge in [-0.15, -0.1) is 0 Å². The first-order valence-electron chi connectivity index (χ1n) is 7.31. The van der Waals surface area contributed by atoms with Gasteiger partial charge in [0, 0.05) is 6.54 Å². The normalized spacial score (nSPS) is 10.9. The number of benzene rings is 2. The van der Waals surface area contributed by atoms with Crippen molar-refractivity contribution in [2.45, 2.75) is 18.6 Å². The van der Waals surface area contributed by atoms with Crippen LogP contribution in [-0.4, -0.2) is 21.2 Å². The Morgan fingerprint density at radius 2 is 1.96 bits per heavy atom. The van der Waals surface area contributed by atoms with Gasteiger partial charge in [0.15, 0.2) is 5.16 Å². The number of para-hydroxylation sites is 3. The summed E-state index contributed by atoms with van der Waals surface area (Å²) in [6, 6.07) is 15.2. The highest BCUT2D eigenvalue weighted by Gasteiger charge is 2.12. The van der Waals surface area contributed by atoms with Gasteiger partial charge in [-0.25, -0.2) is 4.98 Å². The molecular formula is C17H16ClN3OS. The Kier molecular flexibility index (Phi) is 4.88. The van der Waals surface area contributed by atoms with Crippen molar-refractivity contribution in [1.29, 1.82) is 0 Å². The van der Waals surface area contributed by atoms with Gasteiger partial charge in [0.25, 0.3) is 0 Å². The highest BCUT2D eigenvalue weighted by Crippen LogP contribution is 2.25. The number of halogens is 1.